The fourth-order valence-electron chi connectivity index (χ4n) is 4.20. The van der Waals surface area contributed by atoms with Crippen LogP contribution in [0.1, 0.15) is 72.6 Å². The van der Waals surface area contributed by atoms with E-state index in [1.165, 1.54) is 32.1 Å². The van der Waals surface area contributed by atoms with E-state index in [9.17, 15) is 4.79 Å². The summed E-state index contributed by atoms with van der Waals surface area (Å²) in [6.45, 7) is 9.31. The summed E-state index contributed by atoms with van der Waals surface area (Å²) in [5.41, 5.74) is 0.703. The van der Waals surface area contributed by atoms with Gasteiger partial charge in [-0.1, -0.05) is 34.1 Å². The molecule has 2 aliphatic rings. The molecule has 2 nitrogen and oxygen atoms in total. The van der Waals surface area contributed by atoms with Crippen molar-refractivity contribution in [1.82, 2.24) is 5.32 Å². The third-order valence-corrected chi connectivity index (χ3v) is 5.44. The molecule has 1 aliphatic carbocycles. The minimum absolute atomic E-state index is 0.284. The Morgan fingerprint density at radius 1 is 1.28 bits per heavy atom. The van der Waals surface area contributed by atoms with Crippen LogP contribution in [0, 0.1) is 16.7 Å². The van der Waals surface area contributed by atoms with Gasteiger partial charge in [-0.3, -0.25) is 4.79 Å². The van der Waals surface area contributed by atoms with Gasteiger partial charge in [-0.25, -0.2) is 0 Å². The first-order valence-corrected chi connectivity index (χ1v) is 7.67. The number of carbonyl (C=O) groups excluding carboxylic acids is 1. The Morgan fingerprint density at radius 3 is 2.61 bits per heavy atom. The van der Waals surface area contributed by atoms with Crippen molar-refractivity contribution in [3.8, 4) is 0 Å². The molecule has 1 amide bonds. The summed E-state index contributed by atoms with van der Waals surface area (Å²) in [4.78, 5) is 11.8. The van der Waals surface area contributed by atoms with Crippen LogP contribution in [0.3, 0.4) is 0 Å². The number of hydrogen-bond acceptors (Lipinski definition) is 1. The van der Waals surface area contributed by atoms with Crippen molar-refractivity contribution in [3.63, 3.8) is 0 Å². The average molecular weight is 251 g/mol. The molecule has 2 rings (SSSR count). The molecule has 0 radical (unpaired) electrons. The van der Waals surface area contributed by atoms with Gasteiger partial charge in [-0.15, -0.1) is 0 Å². The van der Waals surface area contributed by atoms with Crippen LogP contribution in [-0.2, 0) is 4.79 Å². The van der Waals surface area contributed by atoms with Crippen LogP contribution in [0.15, 0.2) is 0 Å². The minimum Gasteiger partial charge on any atom is -0.353 e. The molecule has 1 N–H and O–H groups in total. The predicted octanol–water partition coefficient (Wildman–Crippen LogP) is 3.90. The first kappa shape index (κ1) is 13.9. The second kappa shape index (κ2) is 4.86. The molecule has 1 saturated carbocycles. The average Bonchev–Trinajstić information content (AvgIpc) is 2.45. The maximum absolute atomic E-state index is 11.8. The molecule has 104 valence electrons. The van der Waals surface area contributed by atoms with E-state index in [2.05, 4.69) is 33.0 Å². The Balaban J connectivity index is 2.10. The Hall–Kier alpha value is -0.530. The van der Waals surface area contributed by atoms with Gasteiger partial charge in [0.05, 0.1) is 0 Å². The highest BCUT2D eigenvalue weighted by atomic mass is 16.2. The summed E-state index contributed by atoms with van der Waals surface area (Å²) in [7, 11) is 0. The highest BCUT2D eigenvalue weighted by molar-refractivity contribution is 5.80. The van der Waals surface area contributed by atoms with Crippen molar-refractivity contribution in [1.29, 1.82) is 0 Å². The van der Waals surface area contributed by atoms with E-state index in [4.69, 9.17) is 0 Å². The molecule has 0 bridgehead atoms. The van der Waals surface area contributed by atoms with Crippen molar-refractivity contribution in [2.24, 2.45) is 16.7 Å². The lowest BCUT2D eigenvalue weighted by Gasteiger charge is -2.34. The molecule has 1 saturated heterocycles. The van der Waals surface area contributed by atoms with Crippen LogP contribution in [0.4, 0.5) is 0 Å². The lowest BCUT2D eigenvalue weighted by molar-refractivity contribution is -0.119. The fraction of sp³-hybridized carbons (Fsp3) is 0.938. The van der Waals surface area contributed by atoms with E-state index in [-0.39, 0.29) is 11.3 Å². The predicted molar refractivity (Wildman–Crippen MR) is 75.3 cm³/mol. The zero-order valence-electron chi connectivity index (χ0n) is 12.5. The Labute approximate surface area is 112 Å². The molecule has 2 fully saturated rings. The zero-order chi connectivity index (χ0) is 13.4. The van der Waals surface area contributed by atoms with Gasteiger partial charge in [-0.05, 0) is 48.9 Å². The van der Waals surface area contributed by atoms with Crippen molar-refractivity contribution in [2.75, 3.05) is 0 Å². The molecule has 3 unspecified atom stereocenters. The van der Waals surface area contributed by atoms with Crippen molar-refractivity contribution >= 4 is 5.91 Å². The summed E-state index contributed by atoms with van der Waals surface area (Å²) in [6.07, 6.45) is 8.30. The Morgan fingerprint density at radius 2 is 2.00 bits per heavy atom. The zero-order valence-corrected chi connectivity index (χ0v) is 12.5. The molecule has 2 heteroatoms. The third-order valence-electron chi connectivity index (χ3n) is 5.44. The lowest BCUT2D eigenvalue weighted by atomic mass is 9.71. The largest absolute Gasteiger partial charge is 0.353 e. The molecule has 0 aromatic rings. The normalized spacial score (nSPS) is 37.7. The first-order valence-electron chi connectivity index (χ1n) is 7.67. The van der Waals surface area contributed by atoms with Gasteiger partial charge in [0, 0.05) is 12.5 Å². The van der Waals surface area contributed by atoms with Crippen molar-refractivity contribution in [3.05, 3.63) is 0 Å². The number of nitrogens with one attached hydrogen (secondary N) is 1. The highest BCUT2D eigenvalue weighted by Crippen LogP contribution is 2.49. The topological polar surface area (TPSA) is 29.1 Å². The molecule has 1 aliphatic heterocycles. The molecule has 3 atom stereocenters. The number of rotatable bonds is 1. The van der Waals surface area contributed by atoms with Gasteiger partial charge in [0.2, 0.25) is 5.91 Å². The van der Waals surface area contributed by atoms with E-state index in [0.717, 1.165) is 18.8 Å². The van der Waals surface area contributed by atoms with Gasteiger partial charge < -0.3 is 5.32 Å². The van der Waals surface area contributed by atoms with Gasteiger partial charge >= 0.3 is 0 Å². The van der Waals surface area contributed by atoms with Gasteiger partial charge in [-0.2, -0.15) is 0 Å². The summed E-state index contributed by atoms with van der Waals surface area (Å²) >= 11 is 0. The van der Waals surface area contributed by atoms with Crippen molar-refractivity contribution < 1.29 is 4.79 Å². The second-order valence-corrected chi connectivity index (χ2v) is 7.56. The molecule has 18 heavy (non-hydrogen) atoms. The van der Waals surface area contributed by atoms with Gasteiger partial charge in [0.1, 0.15) is 0 Å². The van der Waals surface area contributed by atoms with Crippen LogP contribution in [0.5, 0.6) is 0 Å². The van der Waals surface area contributed by atoms with Crippen LogP contribution in [0.25, 0.3) is 0 Å². The minimum atomic E-state index is 0.284. The smallest absolute Gasteiger partial charge is 0.220 e. The number of hydrogen-bond donors (Lipinski definition) is 1. The number of amides is 1. The monoisotopic (exact) mass is 251 g/mol. The summed E-state index contributed by atoms with van der Waals surface area (Å²) < 4.78 is 0. The lowest BCUT2D eigenvalue weighted by Crippen LogP contribution is -2.36. The van der Waals surface area contributed by atoms with Crippen LogP contribution in [0.2, 0.25) is 0 Å². The third kappa shape index (κ3) is 2.57. The maximum atomic E-state index is 11.8. The van der Waals surface area contributed by atoms with Crippen LogP contribution >= 0.6 is 0 Å². The molecular formula is C16H29NO. The van der Waals surface area contributed by atoms with Crippen molar-refractivity contribution in [2.45, 2.75) is 78.7 Å². The van der Waals surface area contributed by atoms with Gasteiger partial charge in [0.25, 0.3) is 0 Å². The van der Waals surface area contributed by atoms with Crippen LogP contribution < -0.4 is 5.32 Å². The molecule has 0 aromatic carbocycles. The molecule has 0 aromatic heterocycles. The quantitative estimate of drug-likeness (QED) is 0.752. The fourth-order valence-corrected chi connectivity index (χ4v) is 4.20. The first-order chi connectivity index (χ1) is 8.37. The van der Waals surface area contributed by atoms with E-state index < -0.39 is 0 Å². The van der Waals surface area contributed by atoms with E-state index in [1.54, 1.807) is 0 Å². The summed E-state index contributed by atoms with van der Waals surface area (Å²) in [6, 6.07) is 0.434. The number of carbonyl (C=O) groups is 1. The maximum Gasteiger partial charge on any atom is 0.220 e. The Bertz CT molecular complexity index is 318. The van der Waals surface area contributed by atoms with E-state index in [0.29, 0.717) is 11.5 Å². The molecule has 1 spiro atoms. The molecule has 1 heterocycles. The summed E-state index contributed by atoms with van der Waals surface area (Å²) in [5, 5.41) is 3.21. The highest BCUT2D eigenvalue weighted by Gasteiger charge is 2.47. The SMILES string of the molecule is CCC1NC(=O)CC12CCCC(C(C)(C)C)CC2. The standard InChI is InChI=1S/C16H29NO/c1-5-13-16(11-14(18)17-13)9-6-7-12(8-10-16)15(2,3)4/h12-13H,5-11H2,1-4H3,(H,17,18). The Kier molecular flexibility index (Phi) is 3.75. The second-order valence-electron chi connectivity index (χ2n) is 7.56. The van der Waals surface area contributed by atoms with Crippen LogP contribution in [-0.4, -0.2) is 11.9 Å². The van der Waals surface area contributed by atoms with Gasteiger partial charge in [0.15, 0.2) is 0 Å². The molecular weight excluding hydrogens is 222 g/mol. The van der Waals surface area contributed by atoms with E-state index in [1.807, 2.05) is 0 Å². The summed E-state index contributed by atoms with van der Waals surface area (Å²) in [5.74, 6) is 1.11. The van der Waals surface area contributed by atoms with E-state index >= 15 is 0 Å².